The van der Waals surface area contributed by atoms with Crippen LogP contribution in [0.15, 0.2) is 70.1 Å². The van der Waals surface area contributed by atoms with Crippen LogP contribution in [-0.4, -0.2) is 11.2 Å². The van der Waals surface area contributed by atoms with Crippen molar-refractivity contribution in [3.63, 3.8) is 0 Å². The molecule has 0 N–H and O–H groups in total. The molecule has 0 aliphatic rings. The first kappa shape index (κ1) is 16.8. The fraction of sp³-hybridized carbons (Fsp3) is 0.0476. The topological polar surface area (TPSA) is 38.4 Å². The van der Waals surface area contributed by atoms with Crippen molar-refractivity contribution in [3.8, 4) is 11.5 Å². The minimum absolute atomic E-state index is 0.505. The Bertz CT molecular complexity index is 1110. The van der Waals surface area contributed by atoms with Crippen LogP contribution in [-0.2, 0) is 0 Å². The van der Waals surface area contributed by atoms with Gasteiger partial charge < -0.3 is 4.42 Å². The van der Waals surface area contributed by atoms with E-state index in [0.29, 0.717) is 15.9 Å². The molecular formula is C21H14Cl2N2O. The van der Waals surface area contributed by atoms with E-state index in [2.05, 4.69) is 9.98 Å². The average molecular weight is 381 g/mol. The summed E-state index contributed by atoms with van der Waals surface area (Å²) in [6, 6.07) is 19.1. The van der Waals surface area contributed by atoms with Gasteiger partial charge in [-0.3, -0.25) is 4.99 Å². The molecule has 1 heterocycles. The molecule has 0 fully saturated rings. The third-order valence-electron chi connectivity index (χ3n) is 3.98. The quantitative estimate of drug-likeness (QED) is 0.364. The molecule has 128 valence electrons. The van der Waals surface area contributed by atoms with Gasteiger partial charge in [0.25, 0.3) is 0 Å². The van der Waals surface area contributed by atoms with Crippen molar-refractivity contribution in [3.05, 3.63) is 81.8 Å². The van der Waals surface area contributed by atoms with Gasteiger partial charge in [-0.05, 0) is 55.0 Å². The van der Waals surface area contributed by atoms with Crippen LogP contribution in [0, 0.1) is 6.92 Å². The molecule has 4 rings (SSSR count). The van der Waals surface area contributed by atoms with E-state index in [0.717, 1.165) is 27.9 Å². The lowest BCUT2D eigenvalue weighted by Gasteiger charge is -1.97. The van der Waals surface area contributed by atoms with Gasteiger partial charge in [0.15, 0.2) is 5.58 Å². The highest BCUT2D eigenvalue weighted by Crippen LogP contribution is 2.27. The Morgan fingerprint density at radius 3 is 2.50 bits per heavy atom. The monoisotopic (exact) mass is 380 g/mol. The second kappa shape index (κ2) is 6.94. The fourth-order valence-corrected chi connectivity index (χ4v) is 2.86. The van der Waals surface area contributed by atoms with Crippen LogP contribution in [0.2, 0.25) is 10.0 Å². The van der Waals surface area contributed by atoms with E-state index in [1.54, 1.807) is 18.3 Å². The van der Waals surface area contributed by atoms with E-state index in [4.69, 9.17) is 27.6 Å². The number of fused-ring (bicyclic) bond motifs is 1. The fourth-order valence-electron chi connectivity index (χ4n) is 2.56. The van der Waals surface area contributed by atoms with Crippen molar-refractivity contribution in [2.45, 2.75) is 6.92 Å². The number of hydrogen-bond donors (Lipinski definition) is 0. The third-order valence-corrected chi connectivity index (χ3v) is 4.72. The highest BCUT2D eigenvalue weighted by atomic mass is 35.5. The number of oxazole rings is 1. The molecule has 4 aromatic rings. The first-order valence-electron chi connectivity index (χ1n) is 8.05. The van der Waals surface area contributed by atoms with E-state index in [9.17, 15) is 0 Å². The number of benzene rings is 3. The zero-order chi connectivity index (χ0) is 18.1. The molecule has 0 amide bonds. The minimum atomic E-state index is 0.505. The van der Waals surface area contributed by atoms with Crippen LogP contribution in [0.25, 0.3) is 22.6 Å². The van der Waals surface area contributed by atoms with E-state index >= 15 is 0 Å². The first-order valence-corrected chi connectivity index (χ1v) is 8.81. The van der Waals surface area contributed by atoms with Crippen LogP contribution in [0.4, 0.5) is 5.69 Å². The predicted molar refractivity (Wildman–Crippen MR) is 108 cm³/mol. The van der Waals surface area contributed by atoms with Gasteiger partial charge in [0.2, 0.25) is 5.89 Å². The molecule has 5 heteroatoms. The number of nitrogens with zero attached hydrogens (tertiary/aromatic N) is 2. The highest BCUT2D eigenvalue weighted by Gasteiger charge is 2.08. The predicted octanol–water partition coefficient (Wildman–Crippen LogP) is 6.86. The van der Waals surface area contributed by atoms with Crippen LogP contribution < -0.4 is 0 Å². The van der Waals surface area contributed by atoms with Crippen molar-refractivity contribution in [2.75, 3.05) is 0 Å². The molecule has 0 atom stereocenters. The Morgan fingerprint density at radius 2 is 1.73 bits per heavy atom. The Hall–Kier alpha value is -2.62. The summed E-state index contributed by atoms with van der Waals surface area (Å²) in [5, 5.41) is 1.03. The van der Waals surface area contributed by atoms with E-state index in [1.165, 1.54) is 5.56 Å². The highest BCUT2D eigenvalue weighted by molar-refractivity contribution is 6.42. The van der Waals surface area contributed by atoms with Crippen LogP contribution in [0.5, 0.6) is 0 Å². The number of halogens is 2. The van der Waals surface area contributed by atoms with Crippen LogP contribution >= 0.6 is 23.2 Å². The standard InChI is InChI=1S/C21H14Cl2N2O/c1-13-2-5-15(6-3-13)21-25-19-11-16(7-9-20(19)26-21)24-12-14-4-8-17(22)18(23)10-14/h2-12H,1H3. The molecule has 0 aliphatic heterocycles. The van der Waals surface area contributed by atoms with E-state index in [1.807, 2.05) is 55.5 Å². The lowest BCUT2D eigenvalue weighted by molar-refractivity contribution is 0.620. The van der Waals surface area contributed by atoms with Gasteiger partial charge in [-0.2, -0.15) is 0 Å². The summed E-state index contributed by atoms with van der Waals surface area (Å²) in [7, 11) is 0. The summed E-state index contributed by atoms with van der Waals surface area (Å²) >= 11 is 12.0. The van der Waals surface area contributed by atoms with Crippen molar-refractivity contribution in [1.82, 2.24) is 4.98 Å². The summed E-state index contributed by atoms with van der Waals surface area (Å²) in [6.45, 7) is 2.05. The molecule has 3 nitrogen and oxygen atoms in total. The number of hydrogen-bond acceptors (Lipinski definition) is 3. The maximum absolute atomic E-state index is 6.03. The Balaban J connectivity index is 1.63. The van der Waals surface area contributed by atoms with E-state index in [-0.39, 0.29) is 0 Å². The third kappa shape index (κ3) is 3.50. The molecule has 0 spiro atoms. The lowest BCUT2D eigenvalue weighted by Crippen LogP contribution is -1.81. The largest absolute Gasteiger partial charge is 0.436 e. The number of aliphatic imine (C=N–C) groups is 1. The second-order valence-electron chi connectivity index (χ2n) is 5.97. The lowest BCUT2D eigenvalue weighted by atomic mass is 10.1. The van der Waals surface area contributed by atoms with Gasteiger partial charge in [-0.15, -0.1) is 0 Å². The molecule has 0 saturated carbocycles. The zero-order valence-corrected chi connectivity index (χ0v) is 15.4. The van der Waals surface area contributed by atoms with Gasteiger partial charge in [-0.1, -0.05) is 47.0 Å². The van der Waals surface area contributed by atoms with Crippen molar-refractivity contribution in [1.29, 1.82) is 0 Å². The molecule has 26 heavy (non-hydrogen) atoms. The molecule has 1 aromatic heterocycles. The van der Waals surface area contributed by atoms with Gasteiger partial charge in [0.05, 0.1) is 15.7 Å². The molecule has 0 aliphatic carbocycles. The van der Waals surface area contributed by atoms with Crippen LogP contribution in [0.3, 0.4) is 0 Å². The Kier molecular flexibility index (Phi) is 4.49. The summed E-state index contributed by atoms with van der Waals surface area (Å²) in [4.78, 5) is 9.06. The summed E-state index contributed by atoms with van der Waals surface area (Å²) in [6.07, 6.45) is 1.74. The first-order chi connectivity index (χ1) is 12.6. The zero-order valence-electron chi connectivity index (χ0n) is 13.9. The van der Waals surface area contributed by atoms with Crippen molar-refractivity contribution in [2.24, 2.45) is 4.99 Å². The molecule has 0 radical (unpaired) electrons. The summed E-state index contributed by atoms with van der Waals surface area (Å²) in [5.74, 6) is 0.602. The van der Waals surface area contributed by atoms with E-state index < -0.39 is 0 Å². The molecule has 3 aromatic carbocycles. The normalized spacial score (nSPS) is 11.5. The SMILES string of the molecule is Cc1ccc(-c2nc3cc(N=Cc4ccc(Cl)c(Cl)c4)ccc3o2)cc1. The number of aromatic nitrogens is 1. The average Bonchev–Trinajstić information content (AvgIpc) is 3.06. The smallest absolute Gasteiger partial charge is 0.227 e. The molecule has 0 unspecified atom stereocenters. The van der Waals surface area contributed by atoms with Crippen molar-refractivity contribution >= 4 is 46.2 Å². The number of rotatable bonds is 3. The van der Waals surface area contributed by atoms with Gasteiger partial charge in [0.1, 0.15) is 5.52 Å². The summed E-state index contributed by atoms with van der Waals surface area (Å²) in [5.41, 5.74) is 5.31. The van der Waals surface area contributed by atoms with Gasteiger partial charge in [-0.25, -0.2) is 4.98 Å². The summed E-state index contributed by atoms with van der Waals surface area (Å²) < 4.78 is 5.85. The maximum Gasteiger partial charge on any atom is 0.227 e. The second-order valence-corrected chi connectivity index (χ2v) is 6.78. The maximum atomic E-state index is 6.03. The molecule has 0 saturated heterocycles. The van der Waals surface area contributed by atoms with Gasteiger partial charge >= 0.3 is 0 Å². The molecular weight excluding hydrogens is 367 g/mol. The Morgan fingerprint density at radius 1 is 0.923 bits per heavy atom. The minimum Gasteiger partial charge on any atom is -0.436 e. The van der Waals surface area contributed by atoms with Crippen LogP contribution in [0.1, 0.15) is 11.1 Å². The molecule has 0 bridgehead atoms. The van der Waals surface area contributed by atoms with Gasteiger partial charge in [0, 0.05) is 11.8 Å². The van der Waals surface area contributed by atoms with Crippen molar-refractivity contribution < 1.29 is 4.42 Å². The number of aryl methyl sites for hydroxylation is 1. The Labute approximate surface area is 160 Å².